The summed E-state index contributed by atoms with van der Waals surface area (Å²) >= 11 is 0. The van der Waals surface area contributed by atoms with Gasteiger partial charge in [-0.25, -0.2) is 4.57 Å². The maximum absolute atomic E-state index is 10.8. The lowest BCUT2D eigenvalue weighted by Gasteiger charge is -2.16. The fourth-order valence-electron chi connectivity index (χ4n) is 0.443. The molecule has 5 heteroatoms. The molecule has 0 radical (unpaired) electrons. The molecule has 0 saturated heterocycles. The zero-order valence-electron chi connectivity index (χ0n) is 6.11. The largest absolute Gasteiger partial charge is 0.380 e. The zero-order chi connectivity index (χ0) is 8.91. The van der Waals surface area contributed by atoms with Crippen LogP contribution in [0.5, 0.6) is 0 Å². The Balaban J connectivity index is 4.08. The maximum Gasteiger partial charge on any atom is 0.327 e. The summed E-state index contributed by atoms with van der Waals surface area (Å²) in [6.07, 6.45) is 0.991. The molecule has 0 saturated carbocycles. The van der Waals surface area contributed by atoms with Crippen LogP contribution in [0, 0.1) is 0 Å². The van der Waals surface area contributed by atoms with Crippen LogP contribution in [-0.2, 0) is 13.9 Å². The third kappa shape index (κ3) is 3.37. The Bertz CT molecular complexity index is 175. The first-order chi connectivity index (χ1) is 5.04. The topological polar surface area (TPSA) is 63.6 Å². The maximum atomic E-state index is 10.8. The van der Waals surface area contributed by atoms with Crippen molar-refractivity contribution in [1.82, 2.24) is 0 Å². The van der Waals surface area contributed by atoms with Crippen LogP contribution < -0.4 is 0 Å². The van der Waals surface area contributed by atoms with Gasteiger partial charge in [-0.05, 0) is 13.0 Å². The molecule has 0 aliphatic heterocycles. The minimum absolute atomic E-state index is 0.303. The Morgan fingerprint density at radius 1 is 1.91 bits per heavy atom. The van der Waals surface area contributed by atoms with Crippen molar-refractivity contribution >= 4 is 14.5 Å². The summed E-state index contributed by atoms with van der Waals surface area (Å²) < 4.78 is 14.1. The van der Waals surface area contributed by atoms with Crippen molar-refractivity contribution in [1.29, 1.82) is 0 Å². The average molecular weight is 176 g/mol. The van der Waals surface area contributed by atoms with Crippen LogP contribution in [0.3, 0.4) is 0 Å². The van der Waals surface area contributed by atoms with Crippen LogP contribution in [0.2, 0.25) is 0 Å². The molecule has 0 rings (SSSR count). The third-order valence-electron chi connectivity index (χ3n) is 1.11. The number of hydrogen-bond acceptors (Lipinski definition) is 4. The van der Waals surface area contributed by atoms with E-state index in [0.717, 1.165) is 6.08 Å². The smallest absolute Gasteiger partial charge is 0.327 e. The van der Waals surface area contributed by atoms with Crippen molar-refractivity contribution in [2.75, 3.05) is 6.61 Å². The second-order valence-electron chi connectivity index (χ2n) is 2.19. The minimum atomic E-state index is -1.63. The predicted molar refractivity (Wildman–Crippen MR) is 39.4 cm³/mol. The van der Waals surface area contributed by atoms with Crippen LogP contribution in [0.4, 0.5) is 0 Å². The van der Waals surface area contributed by atoms with Gasteiger partial charge in [0.25, 0.3) is 0 Å². The standard InChI is InChI=1S/C6H9O4P/c1-3-5(7)6(2,8)4-10-11-9/h3,8H,1,4H2,2H3. The highest BCUT2D eigenvalue weighted by Crippen LogP contribution is 2.09. The molecule has 0 bridgehead atoms. The molecular weight excluding hydrogens is 167 g/mol. The molecule has 1 N–H and O–H groups in total. The first-order valence-electron chi connectivity index (χ1n) is 2.88. The first-order valence-corrected chi connectivity index (χ1v) is 3.61. The van der Waals surface area contributed by atoms with Crippen molar-refractivity contribution in [3.8, 4) is 0 Å². The van der Waals surface area contributed by atoms with Gasteiger partial charge in [0.2, 0.25) is 0 Å². The van der Waals surface area contributed by atoms with E-state index >= 15 is 0 Å². The third-order valence-corrected chi connectivity index (χ3v) is 1.35. The first kappa shape index (κ1) is 10.4. The Morgan fingerprint density at radius 2 is 2.45 bits per heavy atom. The zero-order valence-corrected chi connectivity index (χ0v) is 7.01. The summed E-state index contributed by atoms with van der Waals surface area (Å²) in [5, 5.41) is 9.22. The molecule has 0 heterocycles. The van der Waals surface area contributed by atoms with Gasteiger partial charge in [0.05, 0.1) is 6.61 Å². The lowest BCUT2D eigenvalue weighted by atomic mass is 10.0. The summed E-state index contributed by atoms with van der Waals surface area (Å²) in [5.41, 5.74) is -1.63. The number of aliphatic hydroxyl groups is 1. The highest BCUT2D eigenvalue weighted by atomic mass is 31.1. The molecule has 0 aromatic heterocycles. The van der Waals surface area contributed by atoms with Gasteiger partial charge >= 0.3 is 8.69 Å². The summed E-state index contributed by atoms with van der Waals surface area (Å²) in [6, 6.07) is 0. The van der Waals surface area contributed by atoms with Gasteiger partial charge in [0.15, 0.2) is 5.78 Å². The van der Waals surface area contributed by atoms with E-state index < -0.39 is 20.1 Å². The molecule has 0 fully saturated rings. The summed E-state index contributed by atoms with van der Waals surface area (Å²) in [5.74, 6) is -0.554. The van der Waals surface area contributed by atoms with E-state index in [1.165, 1.54) is 6.92 Å². The molecule has 0 amide bonds. The van der Waals surface area contributed by atoms with Crippen molar-refractivity contribution in [3.05, 3.63) is 12.7 Å². The number of rotatable bonds is 5. The van der Waals surface area contributed by atoms with E-state index in [-0.39, 0.29) is 6.61 Å². The van der Waals surface area contributed by atoms with Crippen molar-refractivity contribution in [2.24, 2.45) is 0 Å². The Labute approximate surface area is 66.2 Å². The van der Waals surface area contributed by atoms with Crippen molar-refractivity contribution in [3.63, 3.8) is 0 Å². The Morgan fingerprint density at radius 3 is 2.82 bits per heavy atom. The molecule has 0 aromatic carbocycles. The molecule has 0 aliphatic rings. The van der Waals surface area contributed by atoms with Crippen molar-refractivity contribution in [2.45, 2.75) is 12.5 Å². The molecule has 62 valence electrons. The number of ketones is 1. The van der Waals surface area contributed by atoms with E-state index in [9.17, 15) is 14.5 Å². The average Bonchev–Trinajstić information content (AvgIpc) is 1.99. The predicted octanol–water partition coefficient (Wildman–Crippen LogP) is 0.716. The molecule has 0 aromatic rings. The van der Waals surface area contributed by atoms with Gasteiger partial charge < -0.3 is 5.11 Å². The Hall–Kier alpha value is -0.570. The quantitative estimate of drug-likeness (QED) is 0.495. The van der Waals surface area contributed by atoms with E-state index in [0.29, 0.717) is 0 Å². The molecule has 0 aliphatic carbocycles. The summed E-state index contributed by atoms with van der Waals surface area (Å²) in [4.78, 5) is 10.8. The Kier molecular flexibility index (Phi) is 4.11. The highest BCUT2D eigenvalue weighted by molar-refractivity contribution is 7.17. The fourth-order valence-corrected chi connectivity index (χ4v) is 0.747. The minimum Gasteiger partial charge on any atom is -0.380 e. The van der Waals surface area contributed by atoms with Gasteiger partial charge in [-0.2, -0.15) is 0 Å². The fraction of sp³-hybridized carbons (Fsp3) is 0.500. The van der Waals surface area contributed by atoms with Gasteiger partial charge in [0.1, 0.15) is 5.60 Å². The molecule has 1 atom stereocenters. The summed E-state index contributed by atoms with van der Waals surface area (Å²) in [7, 11) is -0.556. The second kappa shape index (κ2) is 4.34. The van der Waals surface area contributed by atoms with Crippen LogP contribution in [-0.4, -0.2) is 23.1 Å². The lowest BCUT2D eigenvalue weighted by Crippen LogP contribution is -2.37. The monoisotopic (exact) mass is 176 g/mol. The van der Waals surface area contributed by atoms with Crippen LogP contribution in [0.15, 0.2) is 12.7 Å². The second-order valence-corrected chi connectivity index (χ2v) is 2.60. The van der Waals surface area contributed by atoms with Crippen LogP contribution >= 0.6 is 8.69 Å². The molecule has 11 heavy (non-hydrogen) atoms. The highest BCUT2D eigenvalue weighted by Gasteiger charge is 2.27. The van der Waals surface area contributed by atoms with E-state index in [1.54, 1.807) is 0 Å². The number of carbonyl (C=O) groups excluding carboxylic acids is 1. The van der Waals surface area contributed by atoms with E-state index in [4.69, 9.17) is 0 Å². The molecule has 4 nitrogen and oxygen atoms in total. The van der Waals surface area contributed by atoms with Gasteiger partial charge in [0, 0.05) is 0 Å². The van der Waals surface area contributed by atoms with Crippen molar-refractivity contribution < 1.29 is 19.0 Å². The van der Waals surface area contributed by atoms with Crippen LogP contribution in [0.25, 0.3) is 0 Å². The van der Waals surface area contributed by atoms with E-state index in [2.05, 4.69) is 11.1 Å². The van der Waals surface area contributed by atoms with Gasteiger partial charge in [-0.1, -0.05) is 6.58 Å². The van der Waals surface area contributed by atoms with Crippen LogP contribution in [0.1, 0.15) is 6.92 Å². The van der Waals surface area contributed by atoms with Gasteiger partial charge in [-0.15, -0.1) is 0 Å². The normalized spacial score (nSPS) is 15.8. The molecule has 0 spiro atoms. The molecular formula is C6H9O4P. The summed E-state index contributed by atoms with van der Waals surface area (Å²) in [6.45, 7) is 4.15. The number of hydrogen-bond donors (Lipinski definition) is 1. The molecule has 1 unspecified atom stereocenters. The number of carbonyl (C=O) groups is 1. The lowest BCUT2D eigenvalue weighted by molar-refractivity contribution is -0.132. The van der Waals surface area contributed by atoms with Gasteiger partial charge in [-0.3, -0.25) is 9.32 Å². The van der Waals surface area contributed by atoms with E-state index in [1.807, 2.05) is 0 Å². The SMILES string of the molecule is C=CC(=O)C(C)(O)COP=O.